The maximum atomic E-state index is 13.2. The first kappa shape index (κ1) is 21.7. The molecule has 1 aliphatic heterocycles. The van der Waals surface area contributed by atoms with Crippen molar-refractivity contribution in [1.82, 2.24) is 4.31 Å². The molecule has 1 heterocycles. The van der Waals surface area contributed by atoms with Crippen molar-refractivity contribution in [2.24, 2.45) is 0 Å². The molecule has 8 heteroatoms. The zero-order valence-electron chi connectivity index (χ0n) is 17.0. The fraction of sp³-hybridized carbons (Fsp3) is 0.381. The van der Waals surface area contributed by atoms with Gasteiger partial charge in [0.05, 0.1) is 4.90 Å². The quantitative estimate of drug-likeness (QED) is 0.777. The first-order chi connectivity index (χ1) is 13.5. The highest BCUT2D eigenvalue weighted by atomic mass is 32.2. The summed E-state index contributed by atoms with van der Waals surface area (Å²) in [6.45, 7) is 3.73. The lowest BCUT2D eigenvalue weighted by atomic mass is 10.0. The Labute approximate surface area is 176 Å². The minimum Gasteiger partial charge on any atom is -0.480 e. The topological polar surface area (TPSA) is 77.9 Å². The minimum absolute atomic E-state index is 0.111. The Bertz CT molecular complexity index is 984. The van der Waals surface area contributed by atoms with E-state index in [1.165, 1.54) is 11.8 Å². The van der Waals surface area contributed by atoms with Gasteiger partial charge in [-0.15, -0.1) is 0 Å². The van der Waals surface area contributed by atoms with E-state index in [0.717, 1.165) is 21.1 Å². The van der Waals surface area contributed by atoms with Crippen LogP contribution in [0.25, 0.3) is 11.1 Å². The van der Waals surface area contributed by atoms with Crippen LogP contribution in [0.3, 0.4) is 0 Å². The Kier molecular flexibility index (Phi) is 5.98. The number of hydrogen-bond acceptors (Lipinski definition) is 5. The molecule has 2 aromatic carbocycles. The van der Waals surface area contributed by atoms with Crippen LogP contribution in [0, 0.1) is 0 Å². The summed E-state index contributed by atoms with van der Waals surface area (Å²) in [5.74, 6) is -0.560. The van der Waals surface area contributed by atoms with E-state index in [2.05, 4.69) is 0 Å². The largest absolute Gasteiger partial charge is 0.480 e. The Morgan fingerprint density at radius 1 is 1.07 bits per heavy atom. The third-order valence-corrected chi connectivity index (χ3v) is 8.38. The van der Waals surface area contributed by atoms with E-state index in [9.17, 15) is 18.3 Å². The number of carboxylic acids is 1. The summed E-state index contributed by atoms with van der Waals surface area (Å²) in [7, 11) is 0.0317. The van der Waals surface area contributed by atoms with Gasteiger partial charge in [-0.05, 0) is 49.2 Å². The molecule has 0 radical (unpaired) electrons. The van der Waals surface area contributed by atoms with E-state index in [0.29, 0.717) is 5.75 Å². The number of aliphatic carboxylic acids is 1. The van der Waals surface area contributed by atoms with Gasteiger partial charge in [-0.1, -0.05) is 24.3 Å². The van der Waals surface area contributed by atoms with Crippen molar-refractivity contribution in [1.29, 1.82) is 0 Å². The molecule has 0 amide bonds. The predicted octanol–water partition coefficient (Wildman–Crippen LogP) is 3.39. The highest BCUT2D eigenvalue weighted by molar-refractivity contribution is 8.00. The summed E-state index contributed by atoms with van der Waals surface area (Å²) in [6, 6.07) is 13.5. The first-order valence-electron chi connectivity index (χ1n) is 9.30. The highest BCUT2D eigenvalue weighted by Gasteiger charge is 2.48. The normalized spacial score (nSPS) is 19.7. The second kappa shape index (κ2) is 8.01. The molecular formula is C21H26N2O4S2. The smallest absolute Gasteiger partial charge is 0.323 e. The molecule has 2 aromatic rings. The fourth-order valence-corrected chi connectivity index (χ4v) is 6.64. The van der Waals surface area contributed by atoms with Crippen molar-refractivity contribution in [3.8, 4) is 11.1 Å². The van der Waals surface area contributed by atoms with Crippen LogP contribution in [-0.4, -0.2) is 61.0 Å². The van der Waals surface area contributed by atoms with Gasteiger partial charge in [-0.25, -0.2) is 8.42 Å². The fourth-order valence-electron chi connectivity index (χ4n) is 3.54. The second-order valence-corrected chi connectivity index (χ2v) is 11.4. The van der Waals surface area contributed by atoms with Crippen molar-refractivity contribution in [2.45, 2.75) is 29.5 Å². The maximum Gasteiger partial charge on any atom is 0.323 e. The molecule has 1 N–H and O–H groups in total. The van der Waals surface area contributed by atoms with E-state index in [1.807, 2.05) is 43.3 Å². The van der Waals surface area contributed by atoms with Crippen LogP contribution in [-0.2, 0) is 14.8 Å². The van der Waals surface area contributed by atoms with Crippen LogP contribution in [0.1, 0.15) is 13.8 Å². The van der Waals surface area contributed by atoms with Crippen molar-refractivity contribution < 1.29 is 18.3 Å². The van der Waals surface area contributed by atoms with Crippen molar-refractivity contribution in [2.75, 3.05) is 31.3 Å². The Morgan fingerprint density at radius 3 is 2.07 bits per heavy atom. The number of carboxylic acid groups (broad SMARTS) is 1. The second-order valence-electron chi connectivity index (χ2n) is 7.77. The number of rotatable bonds is 5. The Hall–Kier alpha value is -2.03. The van der Waals surface area contributed by atoms with Crippen LogP contribution in [0.5, 0.6) is 0 Å². The lowest BCUT2D eigenvalue weighted by molar-refractivity contribution is -0.142. The molecule has 0 bridgehead atoms. The van der Waals surface area contributed by atoms with Crippen LogP contribution in [0.2, 0.25) is 0 Å². The van der Waals surface area contributed by atoms with Gasteiger partial charge in [0.25, 0.3) is 0 Å². The summed E-state index contributed by atoms with van der Waals surface area (Å²) >= 11 is 1.48. The van der Waals surface area contributed by atoms with Gasteiger partial charge in [0, 0.05) is 36.8 Å². The molecule has 156 valence electrons. The van der Waals surface area contributed by atoms with Crippen molar-refractivity contribution >= 4 is 33.4 Å². The number of nitrogens with zero attached hydrogens (tertiary/aromatic N) is 2. The first-order valence-corrected chi connectivity index (χ1v) is 11.7. The van der Waals surface area contributed by atoms with E-state index >= 15 is 0 Å². The van der Waals surface area contributed by atoms with Gasteiger partial charge in [0.2, 0.25) is 10.0 Å². The highest BCUT2D eigenvalue weighted by Crippen LogP contribution is 2.38. The van der Waals surface area contributed by atoms with Gasteiger partial charge < -0.3 is 10.0 Å². The molecule has 0 spiro atoms. The van der Waals surface area contributed by atoms with E-state index in [4.69, 9.17) is 0 Å². The number of anilines is 1. The minimum atomic E-state index is -3.91. The van der Waals surface area contributed by atoms with E-state index < -0.39 is 26.8 Å². The lowest BCUT2D eigenvalue weighted by Crippen LogP contribution is -2.58. The molecule has 6 nitrogen and oxygen atoms in total. The van der Waals surface area contributed by atoms with Crippen molar-refractivity contribution in [3.05, 3.63) is 48.5 Å². The van der Waals surface area contributed by atoms with Crippen LogP contribution in [0.15, 0.2) is 53.4 Å². The number of thioether (sulfide) groups is 1. The van der Waals surface area contributed by atoms with Gasteiger partial charge >= 0.3 is 5.97 Å². The van der Waals surface area contributed by atoms with Crippen molar-refractivity contribution in [3.63, 3.8) is 0 Å². The maximum absolute atomic E-state index is 13.2. The predicted molar refractivity (Wildman–Crippen MR) is 118 cm³/mol. The van der Waals surface area contributed by atoms with E-state index in [-0.39, 0.29) is 11.4 Å². The SMILES string of the molecule is CN(C)c1ccc(-c2ccc(S(=O)(=O)N3CCSC(C)(C)[C@@H]3C(=O)O)cc2)cc1. The number of sulfonamides is 1. The third-order valence-electron chi connectivity index (χ3n) is 5.14. The molecule has 1 atom stereocenters. The van der Waals surface area contributed by atoms with Crippen LogP contribution in [0.4, 0.5) is 5.69 Å². The molecular weight excluding hydrogens is 408 g/mol. The Balaban J connectivity index is 1.91. The molecule has 0 aromatic heterocycles. The molecule has 0 aliphatic carbocycles. The molecule has 29 heavy (non-hydrogen) atoms. The molecule has 1 aliphatic rings. The van der Waals surface area contributed by atoms with E-state index in [1.54, 1.807) is 38.1 Å². The summed E-state index contributed by atoms with van der Waals surface area (Å²) in [5.41, 5.74) is 2.97. The monoisotopic (exact) mass is 434 g/mol. The van der Waals surface area contributed by atoms with Gasteiger partial charge in [-0.2, -0.15) is 16.1 Å². The summed E-state index contributed by atoms with van der Waals surface area (Å²) in [6.07, 6.45) is 0. The molecule has 1 fully saturated rings. The van der Waals surface area contributed by atoms with Crippen LogP contribution < -0.4 is 4.90 Å². The summed E-state index contributed by atoms with van der Waals surface area (Å²) in [4.78, 5) is 14.0. The average Bonchev–Trinajstić information content (AvgIpc) is 2.67. The zero-order valence-corrected chi connectivity index (χ0v) is 18.6. The number of hydrogen-bond donors (Lipinski definition) is 1. The molecule has 1 saturated heterocycles. The third kappa shape index (κ3) is 4.29. The standard InChI is InChI=1S/C21H26N2O4S2/c1-21(2)19(20(24)25)23(13-14-28-21)29(26,27)18-11-7-16(8-12-18)15-5-9-17(10-6-15)22(3)4/h5-12,19H,13-14H2,1-4H3,(H,24,25)/t19-/m0/s1. The number of carbonyl (C=O) groups is 1. The van der Waals surface area contributed by atoms with Crippen LogP contribution >= 0.6 is 11.8 Å². The molecule has 0 unspecified atom stereocenters. The number of benzene rings is 2. The summed E-state index contributed by atoms with van der Waals surface area (Å²) in [5, 5.41) is 9.69. The molecule has 3 rings (SSSR count). The Morgan fingerprint density at radius 2 is 1.59 bits per heavy atom. The van der Waals surface area contributed by atoms with Gasteiger partial charge in [-0.3, -0.25) is 4.79 Å². The summed E-state index contributed by atoms with van der Waals surface area (Å²) < 4.78 is 26.8. The van der Waals surface area contributed by atoms with Gasteiger partial charge in [0.15, 0.2) is 0 Å². The zero-order chi connectivity index (χ0) is 21.4. The average molecular weight is 435 g/mol. The molecule has 0 saturated carbocycles. The van der Waals surface area contributed by atoms with Gasteiger partial charge in [0.1, 0.15) is 6.04 Å². The lowest BCUT2D eigenvalue weighted by Gasteiger charge is -2.42.